The van der Waals surface area contributed by atoms with Crippen molar-refractivity contribution in [1.29, 1.82) is 0 Å². The number of hydrogen-bond acceptors (Lipinski definition) is 2. The molecule has 19 heavy (non-hydrogen) atoms. The highest BCUT2D eigenvalue weighted by molar-refractivity contribution is 5.92. The summed E-state index contributed by atoms with van der Waals surface area (Å²) < 4.78 is 0. The van der Waals surface area contributed by atoms with Crippen molar-refractivity contribution in [2.75, 3.05) is 11.9 Å². The molecule has 0 amide bonds. The van der Waals surface area contributed by atoms with Gasteiger partial charge in [0.05, 0.1) is 5.52 Å². The van der Waals surface area contributed by atoms with Gasteiger partial charge in [0.1, 0.15) is 0 Å². The lowest BCUT2D eigenvalue weighted by atomic mass is 9.90. The highest BCUT2D eigenvalue weighted by atomic mass is 14.9. The van der Waals surface area contributed by atoms with Gasteiger partial charge in [-0.2, -0.15) is 0 Å². The second-order valence-electron chi connectivity index (χ2n) is 6.25. The molecule has 0 atom stereocenters. The zero-order valence-electron chi connectivity index (χ0n) is 12.7. The zero-order valence-corrected chi connectivity index (χ0v) is 12.7. The molecule has 1 aromatic heterocycles. The van der Waals surface area contributed by atoms with Crippen LogP contribution in [0.3, 0.4) is 0 Å². The molecule has 0 saturated heterocycles. The van der Waals surface area contributed by atoms with Crippen LogP contribution in [0.15, 0.2) is 24.3 Å². The first kappa shape index (κ1) is 13.9. The lowest BCUT2D eigenvalue weighted by Gasteiger charge is -2.20. The van der Waals surface area contributed by atoms with Gasteiger partial charge in [-0.1, -0.05) is 39.3 Å². The van der Waals surface area contributed by atoms with Gasteiger partial charge in [-0.05, 0) is 31.5 Å². The fourth-order valence-corrected chi connectivity index (χ4v) is 2.13. The van der Waals surface area contributed by atoms with E-state index in [9.17, 15) is 0 Å². The SMILES string of the molecule is CCCNc1cc(C(C)(C)C)nc2ccc(C)cc12. The van der Waals surface area contributed by atoms with Gasteiger partial charge in [0.15, 0.2) is 0 Å². The van der Waals surface area contributed by atoms with Gasteiger partial charge in [-0.25, -0.2) is 0 Å². The molecule has 1 heterocycles. The summed E-state index contributed by atoms with van der Waals surface area (Å²) in [5.74, 6) is 0. The van der Waals surface area contributed by atoms with Crippen LogP contribution in [0.5, 0.6) is 0 Å². The Morgan fingerprint density at radius 2 is 1.89 bits per heavy atom. The first-order valence-corrected chi connectivity index (χ1v) is 7.07. The van der Waals surface area contributed by atoms with Gasteiger partial charge >= 0.3 is 0 Å². The maximum absolute atomic E-state index is 4.82. The van der Waals surface area contributed by atoms with Crippen LogP contribution in [0.2, 0.25) is 0 Å². The molecule has 2 aromatic rings. The normalized spacial score (nSPS) is 11.8. The predicted molar refractivity (Wildman–Crippen MR) is 84.0 cm³/mol. The third-order valence-electron chi connectivity index (χ3n) is 3.30. The van der Waals surface area contributed by atoms with Crippen LogP contribution in [0.4, 0.5) is 5.69 Å². The number of aromatic nitrogens is 1. The minimum atomic E-state index is 0.0712. The number of fused-ring (bicyclic) bond motifs is 1. The second kappa shape index (κ2) is 5.20. The van der Waals surface area contributed by atoms with Crippen LogP contribution < -0.4 is 5.32 Å². The molecule has 102 valence electrons. The van der Waals surface area contributed by atoms with Crippen LogP contribution in [-0.4, -0.2) is 11.5 Å². The number of nitrogens with zero attached hydrogens (tertiary/aromatic N) is 1. The number of hydrogen-bond donors (Lipinski definition) is 1. The van der Waals surface area contributed by atoms with E-state index in [-0.39, 0.29) is 5.41 Å². The van der Waals surface area contributed by atoms with E-state index in [1.54, 1.807) is 0 Å². The summed E-state index contributed by atoms with van der Waals surface area (Å²) in [5, 5.41) is 4.76. The van der Waals surface area contributed by atoms with E-state index in [2.05, 4.69) is 64.2 Å². The van der Waals surface area contributed by atoms with Gasteiger partial charge in [-0.15, -0.1) is 0 Å². The summed E-state index contributed by atoms with van der Waals surface area (Å²) in [6, 6.07) is 8.67. The zero-order chi connectivity index (χ0) is 14.0. The lowest BCUT2D eigenvalue weighted by molar-refractivity contribution is 0.572. The second-order valence-corrected chi connectivity index (χ2v) is 6.25. The molecule has 0 aliphatic heterocycles. The predicted octanol–water partition coefficient (Wildman–Crippen LogP) is 4.66. The third kappa shape index (κ3) is 3.06. The molecular formula is C17H24N2. The molecule has 0 unspecified atom stereocenters. The van der Waals surface area contributed by atoms with E-state index < -0.39 is 0 Å². The highest BCUT2D eigenvalue weighted by Gasteiger charge is 2.17. The third-order valence-corrected chi connectivity index (χ3v) is 3.30. The summed E-state index contributed by atoms with van der Waals surface area (Å²) >= 11 is 0. The quantitative estimate of drug-likeness (QED) is 0.863. The van der Waals surface area contributed by atoms with E-state index in [1.807, 2.05) is 0 Å². The van der Waals surface area contributed by atoms with E-state index in [4.69, 9.17) is 4.98 Å². The van der Waals surface area contributed by atoms with Gasteiger partial charge < -0.3 is 5.32 Å². The van der Waals surface area contributed by atoms with Crippen molar-refractivity contribution in [1.82, 2.24) is 4.98 Å². The number of benzene rings is 1. The smallest absolute Gasteiger partial charge is 0.0726 e. The van der Waals surface area contributed by atoms with E-state index in [0.717, 1.165) is 24.2 Å². The first-order chi connectivity index (χ1) is 8.91. The van der Waals surface area contributed by atoms with Crippen LogP contribution in [0, 0.1) is 6.92 Å². The molecule has 0 aliphatic carbocycles. The van der Waals surface area contributed by atoms with Gasteiger partial charge in [0, 0.05) is 28.7 Å². The Hall–Kier alpha value is -1.57. The van der Waals surface area contributed by atoms with Crippen molar-refractivity contribution in [3.05, 3.63) is 35.5 Å². The molecule has 0 radical (unpaired) electrons. The Kier molecular flexibility index (Phi) is 3.79. The van der Waals surface area contributed by atoms with Gasteiger partial charge in [-0.3, -0.25) is 4.98 Å². The molecule has 0 fully saturated rings. The maximum Gasteiger partial charge on any atom is 0.0726 e. The summed E-state index contributed by atoms with van der Waals surface area (Å²) in [4.78, 5) is 4.82. The molecule has 0 saturated carbocycles. The Morgan fingerprint density at radius 1 is 1.16 bits per heavy atom. The minimum absolute atomic E-state index is 0.0712. The van der Waals surface area contributed by atoms with Crippen molar-refractivity contribution in [2.24, 2.45) is 0 Å². The van der Waals surface area contributed by atoms with E-state index in [1.165, 1.54) is 16.6 Å². The molecule has 2 heteroatoms. The van der Waals surface area contributed by atoms with Crippen molar-refractivity contribution in [2.45, 2.75) is 46.5 Å². The number of pyridine rings is 1. The topological polar surface area (TPSA) is 24.9 Å². The molecule has 0 spiro atoms. The van der Waals surface area contributed by atoms with Crippen LogP contribution in [-0.2, 0) is 5.41 Å². The summed E-state index contributed by atoms with van der Waals surface area (Å²) in [6.07, 6.45) is 1.13. The largest absolute Gasteiger partial charge is 0.384 e. The first-order valence-electron chi connectivity index (χ1n) is 7.07. The fourth-order valence-electron chi connectivity index (χ4n) is 2.13. The molecule has 0 bridgehead atoms. The molecule has 2 nitrogen and oxygen atoms in total. The maximum atomic E-state index is 4.82. The number of rotatable bonds is 3. The molecular weight excluding hydrogens is 232 g/mol. The van der Waals surface area contributed by atoms with E-state index in [0.29, 0.717) is 0 Å². The lowest BCUT2D eigenvalue weighted by Crippen LogP contribution is -2.14. The van der Waals surface area contributed by atoms with Crippen molar-refractivity contribution < 1.29 is 0 Å². The van der Waals surface area contributed by atoms with Crippen molar-refractivity contribution in [3.8, 4) is 0 Å². The van der Waals surface area contributed by atoms with Crippen LogP contribution in [0.25, 0.3) is 10.9 Å². The molecule has 1 N–H and O–H groups in total. The highest BCUT2D eigenvalue weighted by Crippen LogP contribution is 2.29. The Morgan fingerprint density at radius 3 is 2.53 bits per heavy atom. The van der Waals surface area contributed by atoms with Crippen LogP contribution >= 0.6 is 0 Å². The monoisotopic (exact) mass is 256 g/mol. The van der Waals surface area contributed by atoms with Gasteiger partial charge in [0.2, 0.25) is 0 Å². The summed E-state index contributed by atoms with van der Waals surface area (Å²) in [5.41, 5.74) is 4.78. The Labute approximate surface area is 116 Å². The summed E-state index contributed by atoms with van der Waals surface area (Å²) in [7, 11) is 0. The Bertz CT molecular complexity index is 580. The van der Waals surface area contributed by atoms with Crippen LogP contribution in [0.1, 0.15) is 45.4 Å². The average Bonchev–Trinajstić information content (AvgIpc) is 2.34. The van der Waals surface area contributed by atoms with Gasteiger partial charge in [0.25, 0.3) is 0 Å². The number of anilines is 1. The fraction of sp³-hybridized carbons (Fsp3) is 0.471. The summed E-state index contributed by atoms with van der Waals surface area (Å²) in [6.45, 7) is 11.9. The minimum Gasteiger partial charge on any atom is -0.384 e. The number of nitrogens with one attached hydrogen (secondary N) is 1. The molecule has 2 rings (SSSR count). The molecule has 0 aliphatic rings. The Balaban J connectivity index is 2.62. The number of aryl methyl sites for hydroxylation is 1. The van der Waals surface area contributed by atoms with E-state index >= 15 is 0 Å². The van der Waals surface area contributed by atoms with Crippen molar-refractivity contribution in [3.63, 3.8) is 0 Å². The molecule has 1 aromatic carbocycles. The standard InChI is InChI=1S/C17H24N2/c1-6-9-18-15-11-16(17(3,4)5)19-14-8-7-12(2)10-13(14)15/h7-8,10-11H,6,9H2,1-5H3,(H,18,19). The van der Waals surface area contributed by atoms with Crippen molar-refractivity contribution >= 4 is 16.6 Å². The average molecular weight is 256 g/mol.